The van der Waals surface area contributed by atoms with Gasteiger partial charge in [0.15, 0.2) is 0 Å². The molecule has 96 valence electrons. The van der Waals surface area contributed by atoms with Crippen LogP contribution in [0.15, 0.2) is 30.6 Å². The Labute approximate surface area is 108 Å². The predicted molar refractivity (Wildman–Crippen MR) is 72.4 cm³/mol. The number of pyridine rings is 1. The van der Waals surface area contributed by atoms with Gasteiger partial charge in [-0.3, -0.25) is 9.67 Å². The summed E-state index contributed by atoms with van der Waals surface area (Å²) in [4.78, 5) is 4.50. The van der Waals surface area contributed by atoms with E-state index in [1.807, 2.05) is 25.5 Å². The molecule has 2 aromatic rings. The number of aryl methyl sites for hydroxylation is 2. The first-order chi connectivity index (χ1) is 8.77. The summed E-state index contributed by atoms with van der Waals surface area (Å²) in [5.74, 6) is 0. The van der Waals surface area contributed by atoms with Crippen LogP contribution in [0.5, 0.6) is 0 Å². The zero-order valence-corrected chi connectivity index (χ0v) is 11.2. The summed E-state index contributed by atoms with van der Waals surface area (Å²) in [7, 11) is 1.96. The van der Waals surface area contributed by atoms with E-state index >= 15 is 0 Å². The zero-order valence-electron chi connectivity index (χ0n) is 11.2. The van der Waals surface area contributed by atoms with Crippen molar-refractivity contribution >= 4 is 0 Å². The van der Waals surface area contributed by atoms with Gasteiger partial charge in [0.05, 0.1) is 17.4 Å². The minimum atomic E-state index is 0.0975. The SMILES string of the molecule is CCCn1nccc1C(NC)c1ncccc1C. The maximum atomic E-state index is 4.50. The van der Waals surface area contributed by atoms with E-state index < -0.39 is 0 Å². The molecular weight excluding hydrogens is 224 g/mol. The molecule has 0 aliphatic heterocycles. The summed E-state index contributed by atoms with van der Waals surface area (Å²) in [5.41, 5.74) is 3.43. The van der Waals surface area contributed by atoms with Gasteiger partial charge in [-0.25, -0.2) is 0 Å². The van der Waals surface area contributed by atoms with Crippen LogP contribution in [0.3, 0.4) is 0 Å². The molecule has 0 aromatic carbocycles. The second-order valence-corrected chi connectivity index (χ2v) is 4.41. The van der Waals surface area contributed by atoms with E-state index in [2.05, 4.69) is 46.1 Å². The molecule has 4 nitrogen and oxygen atoms in total. The Kier molecular flexibility index (Phi) is 4.10. The van der Waals surface area contributed by atoms with Gasteiger partial charge in [0.2, 0.25) is 0 Å². The summed E-state index contributed by atoms with van der Waals surface area (Å²) in [6.07, 6.45) is 4.77. The first kappa shape index (κ1) is 12.8. The molecule has 2 aromatic heterocycles. The highest BCUT2D eigenvalue weighted by molar-refractivity contribution is 5.28. The van der Waals surface area contributed by atoms with Crippen molar-refractivity contribution < 1.29 is 0 Å². The predicted octanol–water partition coefficient (Wildman–Crippen LogP) is 2.31. The molecule has 2 heterocycles. The van der Waals surface area contributed by atoms with Crippen LogP contribution in [-0.4, -0.2) is 21.8 Å². The van der Waals surface area contributed by atoms with Crippen LogP contribution >= 0.6 is 0 Å². The van der Waals surface area contributed by atoms with Crippen LogP contribution in [0.1, 0.15) is 36.3 Å². The molecule has 1 unspecified atom stereocenters. The average Bonchev–Trinajstić information content (AvgIpc) is 2.82. The van der Waals surface area contributed by atoms with Crippen LogP contribution in [0, 0.1) is 6.92 Å². The zero-order chi connectivity index (χ0) is 13.0. The summed E-state index contributed by atoms with van der Waals surface area (Å²) in [5, 5.41) is 7.72. The molecule has 0 aliphatic rings. The number of rotatable bonds is 5. The lowest BCUT2D eigenvalue weighted by Gasteiger charge is -2.19. The quantitative estimate of drug-likeness (QED) is 0.877. The fourth-order valence-electron chi connectivity index (χ4n) is 2.21. The molecule has 1 N–H and O–H groups in total. The minimum absolute atomic E-state index is 0.0975. The third kappa shape index (κ3) is 2.43. The van der Waals surface area contributed by atoms with E-state index in [0.29, 0.717) is 0 Å². The van der Waals surface area contributed by atoms with E-state index in [9.17, 15) is 0 Å². The Balaban J connectivity index is 2.39. The van der Waals surface area contributed by atoms with Crippen LogP contribution in [-0.2, 0) is 6.54 Å². The Hall–Kier alpha value is -1.68. The molecule has 0 bridgehead atoms. The fraction of sp³-hybridized carbons (Fsp3) is 0.429. The molecule has 0 aliphatic carbocycles. The highest BCUT2D eigenvalue weighted by atomic mass is 15.3. The molecule has 0 amide bonds. The highest BCUT2D eigenvalue weighted by Crippen LogP contribution is 2.22. The Morgan fingerprint density at radius 2 is 2.17 bits per heavy atom. The van der Waals surface area contributed by atoms with Gasteiger partial charge < -0.3 is 5.32 Å². The van der Waals surface area contributed by atoms with Gasteiger partial charge in [-0.1, -0.05) is 13.0 Å². The normalized spacial score (nSPS) is 12.6. The number of hydrogen-bond acceptors (Lipinski definition) is 3. The summed E-state index contributed by atoms with van der Waals surface area (Å²) in [6.45, 7) is 5.19. The maximum Gasteiger partial charge on any atom is 0.0922 e. The number of nitrogens with one attached hydrogen (secondary N) is 1. The Morgan fingerprint density at radius 1 is 1.33 bits per heavy atom. The molecule has 18 heavy (non-hydrogen) atoms. The topological polar surface area (TPSA) is 42.7 Å². The lowest BCUT2D eigenvalue weighted by molar-refractivity contribution is 0.528. The number of nitrogens with zero attached hydrogens (tertiary/aromatic N) is 3. The molecule has 1 atom stereocenters. The van der Waals surface area contributed by atoms with Crippen molar-refractivity contribution in [3.8, 4) is 0 Å². The van der Waals surface area contributed by atoms with Crippen molar-refractivity contribution in [2.24, 2.45) is 0 Å². The van der Waals surface area contributed by atoms with Crippen molar-refractivity contribution in [2.45, 2.75) is 32.9 Å². The lowest BCUT2D eigenvalue weighted by Crippen LogP contribution is -2.23. The van der Waals surface area contributed by atoms with Crippen LogP contribution in [0.4, 0.5) is 0 Å². The van der Waals surface area contributed by atoms with E-state index in [1.54, 1.807) is 0 Å². The Morgan fingerprint density at radius 3 is 2.83 bits per heavy atom. The molecular formula is C14H20N4. The largest absolute Gasteiger partial charge is 0.307 e. The van der Waals surface area contributed by atoms with Gasteiger partial charge in [0.25, 0.3) is 0 Å². The van der Waals surface area contributed by atoms with E-state index in [1.165, 1.54) is 11.3 Å². The van der Waals surface area contributed by atoms with Crippen LogP contribution in [0.25, 0.3) is 0 Å². The standard InChI is InChI=1S/C14H20N4/c1-4-10-18-12(7-9-17-18)14(15-3)13-11(2)6-5-8-16-13/h5-9,14-15H,4,10H2,1-3H3. The van der Waals surface area contributed by atoms with Gasteiger partial charge in [0.1, 0.15) is 0 Å². The smallest absolute Gasteiger partial charge is 0.0922 e. The number of aromatic nitrogens is 3. The number of hydrogen-bond donors (Lipinski definition) is 1. The first-order valence-electron chi connectivity index (χ1n) is 6.38. The van der Waals surface area contributed by atoms with E-state index in [0.717, 1.165) is 18.7 Å². The van der Waals surface area contributed by atoms with Gasteiger partial charge in [-0.05, 0) is 38.1 Å². The summed E-state index contributed by atoms with van der Waals surface area (Å²) in [6, 6.07) is 6.22. The maximum absolute atomic E-state index is 4.50. The van der Waals surface area contributed by atoms with Crippen molar-refractivity contribution in [1.82, 2.24) is 20.1 Å². The van der Waals surface area contributed by atoms with Crippen molar-refractivity contribution in [2.75, 3.05) is 7.05 Å². The first-order valence-corrected chi connectivity index (χ1v) is 6.38. The lowest BCUT2D eigenvalue weighted by atomic mass is 10.1. The molecule has 0 radical (unpaired) electrons. The molecule has 0 saturated carbocycles. The van der Waals surface area contributed by atoms with Gasteiger partial charge >= 0.3 is 0 Å². The van der Waals surface area contributed by atoms with Crippen molar-refractivity contribution in [3.63, 3.8) is 0 Å². The van der Waals surface area contributed by atoms with Gasteiger partial charge in [0, 0.05) is 18.9 Å². The fourth-order valence-corrected chi connectivity index (χ4v) is 2.21. The third-order valence-electron chi connectivity index (χ3n) is 3.09. The van der Waals surface area contributed by atoms with Crippen LogP contribution in [0.2, 0.25) is 0 Å². The van der Waals surface area contributed by atoms with Crippen LogP contribution < -0.4 is 5.32 Å². The van der Waals surface area contributed by atoms with E-state index in [4.69, 9.17) is 0 Å². The second kappa shape index (κ2) is 5.78. The molecule has 0 spiro atoms. The summed E-state index contributed by atoms with van der Waals surface area (Å²) < 4.78 is 2.05. The van der Waals surface area contributed by atoms with Crippen molar-refractivity contribution in [3.05, 3.63) is 47.5 Å². The van der Waals surface area contributed by atoms with E-state index in [-0.39, 0.29) is 6.04 Å². The van der Waals surface area contributed by atoms with Crippen molar-refractivity contribution in [1.29, 1.82) is 0 Å². The van der Waals surface area contributed by atoms with Gasteiger partial charge in [-0.2, -0.15) is 5.10 Å². The summed E-state index contributed by atoms with van der Waals surface area (Å²) >= 11 is 0. The molecule has 4 heteroatoms. The second-order valence-electron chi connectivity index (χ2n) is 4.41. The minimum Gasteiger partial charge on any atom is -0.307 e. The van der Waals surface area contributed by atoms with Gasteiger partial charge in [-0.15, -0.1) is 0 Å². The Bertz CT molecular complexity index is 504. The molecule has 0 fully saturated rings. The highest BCUT2D eigenvalue weighted by Gasteiger charge is 2.19. The third-order valence-corrected chi connectivity index (χ3v) is 3.09. The molecule has 2 rings (SSSR count). The molecule has 0 saturated heterocycles. The monoisotopic (exact) mass is 244 g/mol. The average molecular weight is 244 g/mol.